The summed E-state index contributed by atoms with van der Waals surface area (Å²) in [7, 11) is 0. The van der Waals surface area contributed by atoms with Gasteiger partial charge in [-0.25, -0.2) is 0 Å². The molecule has 4 aliphatic rings. The molecule has 1 fully saturated rings. The van der Waals surface area contributed by atoms with Crippen LogP contribution in [-0.2, 0) is 16.2 Å². The quantitative estimate of drug-likeness (QED) is 0.177. The molecule has 7 aromatic rings. The van der Waals surface area contributed by atoms with E-state index >= 15 is 0 Å². The van der Waals surface area contributed by atoms with Crippen molar-refractivity contribution in [1.29, 1.82) is 0 Å². The van der Waals surface area contributed by atoms with Crippen LogP contribution < -0.4 is 4.90 Å². The zero-order valence-electron chi connectivity index (χ0n) is 31.7. The molecule has 0 radical (unpaired) electrons. The average molecular weight is 696 g/mol. The normalized spacial score (nSPS) is 17.0. The molecule has 0 saturated heterocycles. The van der Waals surface area contributed by atoms with E-state index in [2.05, 4.69) is 184 Å². The van der Waals surface area contributed by atoms with Crippen LogP contribution in [0.25, 0.3) is 44.5 Å². The highest BCUT2D eigenvalue weighted by Crippen LogP contribution is 2.58. The van der Waals surface area contributed by atoms with E-state index in [0.717, 1.165) is 0 Å². The van der Waals surface area contributed by atoms with Gasteiger partial charge in [0.2, 0.25) is 0 Å². The van der Waals surface area contributed by atoms with Crippen molar-refractivity contribution < 1.29 is 0 Å². The van der Waals surface area contributed by atoms with Crippen molar-refractivity contribution >= 4 is 17.1 Å². The first-order valence-corrected chi connectivity index (χ1v) is 19.9. The molecule has 0 aliphatic heterocycles. The Morgan fingerprint density at radius 2 is 0.833 bits per heavy atom. The Bertz CT molecular complexity index is 2660. The summed E-state index contributed by atoms with van der Waals surface area (Å²) in [6.07, 6.45) is 5.02. The monoisotopic (exact) mass is 695 g/mol. The van der Waals surface area contributed by atoms with Gasteiger partial charge in [-0.3, -0.25) is 0 Å². The molecule has 0 heterocycles. The fourth-order valence-corrected chi connectivity index (χ4v) is 11.3. The summed E-state index contributed by atoms with van der Waals surface area (Å²) < 4.78 is 0. The third-order valence-corrected chi connectivity index (χ3v) is 13.8. The van der Waals surface area contributed by atoms with Crippen LogP contribution in [0, 0.1) is 0 Å². The molecule has 1 nitrogen and oxygen atoms in total. The van der Waals surface area contributed by atoms with Crippen LogP contribution >= 0.6 is 0 Å². The van der Waals surface area contributed by atoms with Crippen molar-refractivity contribution in [2.75, 3.05) is 4.90 Å². The Hall–Kier alpha value is -5.66. The first-order chi connectivity index (χ1) is 26.3. The number of fused-ring (bicyclic) bond motifs is 11. The van der Waals surface area contributed by atoms with Gasteiger partial charge in [-0.2, -0.15) is 0 Å². The summed E-state index contributed by atoms with van der Waals surface area (Å²) >= 11 is 0. The fourth-order valence-electron chi connectivity index (χ4n) is 11.3. The maximum absolute atomic E-state index is 2.55. The number of benzene rings is 7. The number of rotatable bonds is 4. The fraction of sp³-hybridized carbons (Fsp3) is 0.208. The van der Waals surface area contributed by atoms with E-state index in [9.17, 15) is 0 Å². The van der Waals surface area contributed by atoms with Crippen molar-refractivity contribution in [3.05, 3.63) is 185 Å². The van der Waals surface area contributed by atoms with Crippen molar-refractivity contribution in [2.24, 2.45) is 0 Å². The second-order valence-electron chi connectivity index (χ2n) is 17.2. The number of hydrogen-bond donors (Lipinski definition) is 0. The Morgan fingerprint density at radius 1 is 0.370 bits per heavy atom. The second-order valence-corrected chi connectivity index (χ2v) is 17.2. The van der Waals surface area contributed by atoms with Gasteiger partial charge in [0.15, 0.2) is 0 Å². The molecule has 0 atom stereocenters. The number of anilines is 3. The molecule has 7 aromatic carbocycles. The minimum atomic E-state index is -0.0803. The minimum Gasteiger partial charge on any atom is -0.310 e. The van der Waals surface area contributed by atoms with E-state index in [0.29, 0.717) is 0 Å². The van der Waals surface area contributed by atoms with Gasteiger partial charge in [0.25, 0.3) is 0 Å². The van der Waals surface area contributed by atoms with Gasteiger partial charge in [-0.05, 0) is 127 Å². The molecule has 0 amide bonds. The van der Waals surface area contributed by atoms with Crippen LogP contribution in [0.4, 0.5) is 17.1 Å². The summed E-state index contributed by atoms with van der Waals surface area (Å²) in [5.41, 5.74) is 23.1. The summed E-state index contributed by atoms with van der Waals surface area (Å²) in [4.78, 5) is 2.52. The van der Waals surface area contributed by atoms with Gasteiger partial charge in [0.1, 0.15) is 0 Å². The zero-order chi connectivity index (χ0) is 36.4. The second kappa shape index (κ2) is 11.2. The summed E-state index contributed by atoms with van der Waals surface area (Å²) in [6.45, 7) is 9.53. The Labute approximate surface area is 320 Å². The molecule has 262 valence electrons. The van der Waals surface area contributed by atoms with E-state index in [4.69, 9.17) is 0 Å². The minimum absolute atomic E-state index is 0.0692. The van der Waals surface area contributed by atoms with E-state index in [-0.39, 0.29) is 16.2 Å². The molecule has 4 aliphatic carbocycles. The van der Waals surface area contributed by atoms with Crippen molar-refractivity contribution in [1.82, 2.24) is 0 Å². The lowest BCUT2D eigenvalue weighted by Gasteiger charge is -2.31. The number of hydrogen-bond acceptors (Lipinski definition) is 1. The molecule has 1 spiro atoms. The van der Waals surface area contributed by atoms with Crippen LogP contribution in [0.5, 0.6) is 0 Å². The SMILES string of the molecule is CC1(C)c2ccccc2-c2ccc(N(c3ccc(-c4cccc5c4C(C)(C)c4ccccc4-5)cc3)c3ccc4c(c3)C3(CCCC3)c3ccccc3-4)cc21. The predicted molar refractivity (Wildman–Crippen MR) is 226 cm³/mol. The maximum Gasteiger partial charge on any atom is 0.0465 e. The first kappa shape index (κ1) is 31.8. The smallest absolute Gasteiger partial charge is 0.0465 e. The van der Waals surface area contributed by atoms with Crippen LogP contribution in [0.15, 0.2) is 152 Å². The van der Waals surface area contributed by atoms with Crippen molar-refractivity contribution in [3.8, 4) is 44.5 Å². The van der Waals surface area contributed by atoms with Gasteiger partial charge >= 0.3 is 0 Å². The molecule has 0 aromatic heterocycles. The van der Waals surface area contributed by atoms with Gasteiger partial charge < -0.3 is 4.90 Å². The highest BCUT2D eigenvalue weighted by Gasteiger charge is 2.45. The van der Waals surface area contributed by atoms with Crippen molar-refractivity contribution in [3.63, 3.8) is 0 Å². The molecule has 1 saturated carbocycles. The topological polar surface area (TPSA) is 3.24 Å². The molecule has 0 unspecified atom stereocenters. The summed E-state index contributed by atoms with van der Waals surface area (Å²) in [5, 5.41) is 0. The zero-order valence-corrected chi connectivity index (χ0v) is 31.7. The third kappa shape index (κ3) is 4.21. The lowest BCUT2D eigenvalue weighted by Crippen LogP contribution is -2.21. The van der Waals surface area contributed by atoms with Gasteiger partial charge in [0.05, 0.1) is 0 Å². The highest BCUT2D eigenvalue weighted by molar-refractivity contribution is 5.91. The van der Waals surface area contributed by atoms with E-state index in [1.807, 2.05) is 0 Å². The maximum atomic E-state index is 2.55. The molecule has 54 heavy (non-hydrogen) atoms. The Morgan fingerprint density at radius 3 is 1.50 bits per heavy atom. The van der Waals surface area contributed by atoms with Gasteiger partial charge in [-0.15, -0.1) is 0 Å². The Balaban J connectivity index is 1.07. The first-order valence-electron chi connectivity index (χ1n) is 19.9. The molecule has 0 N–H and O–H groups in total. The third-order valence-electron chi connectivity index (χ3n) is 13.8. The van der Waals surface area contributed by atoms with Crippen LogP contribution in [-0.4, -0.2) is 0 Å². The molecule has 0 bridgehead atoms. The largest absolute Gasteiger partial charge is 0.310 e. The Kier molecular flexibility index (Phi) is 6.59. The molecule has 1 heteroatoms. The van der Waals surface area contributed by atoms with Gasteiger partial charge in [-0.1, -0.05) is 156 Å². The lowest BCUT2D eigenvalue weighted by molar-refractivity contribution is 0.550. The van der Waals surface area contributed by atoms with Crippen molar-refractivity contribution in [2.45, 2.75) is 69.6 Å². The van der Waals surface area contributed by atoms with Crippen LogP contribution in [0.2, 0.25) is 0 Å². The molecular weight excluding hydrogens is 651 g/mol. The van der Waals surface area contributed by atoms with E-state index < -0.39 is 0 Å². The summed E-state index contributed by atoms with van der Waals surface area (Å²) in [5.74, 6) is 0. The highest BCUT2D eigenvalue weighted by atomic mass is 15.1. The lowest BCUT2D eigenvalue weighted by atomic mass is 9.76. The summed E-state index contributed by atoms with van der Waals surface area (Å²) in [6, 6.07) is 57.9. The molecular formula is C53H45N. The number of nitrogens with zero attached hydrogens (tertiary/aromatic N) is 1. The van der Waals surface area contributed by atoms with E-state index in [1.54, 1.807) is 0 Å². The van der Waals surface area contributed by atoms with E-state index in [1.165, 1.54) is 121 Å². The van der Waals surface area contributed by atoms with Crippen LogP contribution in [0.1, 0.15) is 86.8 Å². The average Bonchev–Trinajstić information content (AvgIpc) is 3.93. The standard InChI is InChI=1S/C53H45N/c1-51(2)45-19-8-5-14-39(45)42-28-26-36(32-48(42)51)54(37-27-29-43-40-15-7-10-21-47(40)53(49(43)33-37)30-11-12-31-53)35-24-22-34(23-25-35)38-17-13-18-44-41-16-6-9-20-46(41)52(3,4)50(38)44/h5-10,13-29,32-33H,11-12,30-31H2,1-4H3. The van der Waals surface area contributed by atoms with Gasteiger partial charge in [0, 0.05) is 33.3 Å². The predicted octanol–water partition coefficient (Wildman–Crippen LogP) is 14.3. The molecule has 11 rings (SSSR count). The van der Waals surface area contributed by atoms with Crippen LogP contribution in [0.3, 0.4) is 0 Å².